The van der Waals surface area contributed by atoms with Gasteiger partial charge in [-0.2, -0.15) is 0 Å². The molecule has 6 nitrogen and oxygen atoms in total. The van der Waals surface area contributed by atoms with E-state index in [1.165, 1.54) is 5.56 Å². The molecule has 1 N–H and O–H groups in total. The maximum atomic E-state index is 12.2. The average molecular weight is 357 g/mol. The maximum absolute atomic E-state index is 12.2. The van der Waals surface area contributed by atoms with Crippen molar-refractivity contribution in [3.8, 4) is 11.5 Å². The number of amides is 1. The molecule has 0 radical (unpaired) electrons. The summed E-state index contributed by atoms with van der Waals surface area (Å²) in [4.78, 5) is 18.0. The fourth-order valence-electron chi connectivity index (χ4n) is 2.58. The monoisotopic (exact) mass is 357 g/mol. The van der Waals surface area contributed by atoms with E-state index in [1.807, 2.05) is 37.4 Å². The third-order valence-corrected chi connectivity index (χ3v) is 4.20. The lowest BCUT2D eigenvalue weighted by Crippen LogP contribution is -2.31. The third-order valence-electron chi connectivity index (χ3n) is 4.20. The Kier molecular flexibility index (Phi) is 7.89. The summed E-state index contributed by atoms with van der Waals surface area (Å²) >= 11 is 0. The van der Waals surface area contributed by atoms with Gasteiger partial charge < -0.3 is 19.7 Å². The number of carbonyl (C=O) groups excluding carboxylic acids is 1. The highest BCUT2D eigenvalue weighted by atomic mass is 16.5. The number of nitrogens with one attached hydrogen (secondary N) is 1. The van der Waals surface area contributed by atoms with E-state index in [-0.39, 0.29) is 5.91 Å². The molecule has 140 valence electrons. The number of pyridine rings is 1. The number of hydrogen-bond donors (Lipinski definition) is 1. The second-order valence-corrected chi connectivity index (χ2v) is 6.04. The lowest BCUT2D eigenvalue weighted by atomic mass is 10.2. The first-order valence-electron chi connectivity index (χ1n) is 8.68. The molecular weight excluding hydrogens is 330 g/mol. The lowest BCUT2D eigenvalue weighted by molar-refractivity contribution is -0.129. The van der Waals surface area contributed by atoms with Crippen LogP contribution in [0.4, 0.5) is 0 Å². The van der Waals surface area contributed by atoms with E-state index in [0.29, 0.717) is 37.6 Å². The Morgan fingerprint density at radius 3 is 2.50 bits per heavy atom. The molecule has 2 rings (SSSR count). The highest BCUT2D eigenvalue weighted by molar-refractivity contribution is 5.76. The van der Waals surface area contributed by atoms with E-state index in [1.54, 1.807) is 31.5 Å². The van der Waals surface area contributed by atoms with Crippen molar-refractivity contribution < 1.29 is 14.3 Å². The highest BCUT2D eigenvalue weighted by Crippen LogP contribution is 2.27. The molecule has 0 spiro atoms. The number of nitrogens with zero attached hydrogens (tertiary/aromatic N) is 2. The zero-order chi connectivity index (χ0) is 18.8. The summed E-state index contributed by atoms with van der Waals surface area (Å²) in [5.41, 5.74) is 2.27. The zero-order valence-electron chi connectivity index (χ0n) is 15.7. The molecule has 0 fully saturated rings. The predicted molar refractivity (Wildman–Crippen MR) is 101 cm³/mol. The van der Waals surface area contributed by atoms with Crippen LogP contribution in [0.15, 0.2) is 42.7 Å². The standard InChI is InChI=1S/C20H27N3O3/c1-23(13-9-16-6-10-21-11-7-16)20(24)8-12-22-15-17-4-5-18(25-2)19(14-17)26-3/h4-7,10-11,14,22H,8-9,12-13,15H2,1-3H3. The van der Waals surface area contributed by atoms with Crippen molar-refractivity contribution in [3.63, 3.8) is 0 Å². The Hall–Kier alpha value is -2.60. The normalized spacial score (nSPS) is 10.4. The minimum Gasteiger partial charge on any atom is -0.493 e. The number of benzene rings is 1. The summed E-state index contributed by atoms with van der Waals surface area (Å²) < 4.78 is 10.5. The predicted octanol–water partition coefficient (Wildman–Crippen LogP) is 2.28. The summed E-state index contributed by atoms with van der Waals surface area (Å²) in [6.07, 6.45) is 4.86. The van der Waals surface area contributed by atoms with Crippen LogP contribution >= 0.6 is 0 Å². The molecule has 0 aliphatic rings. The molecule has 0 aliphatic carbocycles. The van der Waals surface area contributed by atoms with Gasteiger partial charge in [-0.15, -0.1) is 0 Å². The minimum absolute atomic E-state index is 0.138. The van der Waals surface area contributed by atoms with E-state index in [0.717, 1.165) is 12.0 Å². The van der Waals surface area contributed by atoms with Crippen LogP contribution < -0.4 is 14.8 Å². The smallest absolute Gasteiger partial charge is 0.223 e. The summed E-state index contributed by atoms with van der Waals surface area (Å²) in [6.45, 7) is 2.01. The average Bonchev–Trinajstić information content (AvgIpc) is 2.69. The van der Waals surface area contributed by atoms with Crippen LogP contribution in [0.3, 0.4) is 0 Å². The summed E-state index contributed by atoms with van der Waals surface area (Å²) in [7, 11) is 5.08. The van der Waals surface area contributed by atoms with Crippen LogP contribution in [-0.4, -0.2) is 50.1 Å². The lowest BCUT2D eigenvalue weighted by Gasteiger charge is -2.17. The SMILES string of the molecule is COc1ccc(CNCCC(=O)N(C)CCc2ccncc2)cc1OC. The topological polar surface area (TPSA) is 63.7 Å². The van der Waals surface area contributed by atoms with Crippen molar-refractivity contribution in [2.24, 2.45) is 0 Å². The van der Waals surface area contributed by atoms with Crippen molar-refractivity contribution >= 4 is 5.91 Å². The number of likely N-dealkylation sites (N-methyl/N-ethyl adjacent to an activating group) is 1. The van der Waals surface area contributed by atoms with Gasteiger partial charge in [0.1, 0.15) is 0 Å². The second kappa shape index (κ2) is 10.4. The number of methoxy groups -OCH3 is 2. The van der Waals surface area contributed by atoms with Gasteiger partial charge in [-0.25, -0.2) is 0 Å². The van der Waals surface area contributed by atoms with Crippen LogP contribution in [-0.2, 0) is 17.8 Å². The van der Waals surface area contributed by atoms with E-state index in [9.17, 15) is 4.79 Å². The summed E-state index contributed by atoms with van der Waals surface area (Å²) in [5.74, 6) is 1.56. The van der Waals surface area contributed by atoms with Crippen molar-refractivity contribution in [2.45, 2.75) is 19.4 Å². The first-order valence-corrected chi connectivity index (χ1v) is 8.68. The maximum Gasteiger partial charge on any atom is 0.223 e. The Morgan fingerprint density at radius 1 is 1.08 bits per heavy atom. The molecule has 0 aliphatic heterocycles. The fourth-order valence-corrected chi connectivity index (χ4v) is 2.58. The van der Waals surface area contributed by atoms with E-state index >= 15 is 0 Å². The number of hydrogen-bond acceptors (Lipinski definition) is 5. The Labute approximate surface area is 155 Å². The molecule has 26 heavy (non-hydrogen) atoms. The van der Waals surface area contributed by atoms with Gasteiger partial charge in [-0.3, -0.25) is 9.78 Å². The number of aromatic nitrogens is 1. The number of rotatable bonds is 10. The van der Waals surface area contributed by atoms with E-state index in [2.05, 4.69) is 10.3 Å². The van der Waals surface area contributed by atoms with Crippen molar-refractivity contribution in [2.75, 3.05) is 34.4 Å². The van der Waals surface area contributed by atoms with Crippen molar-refractivity contribution in [3.05, 3.63) is 53.9 Å². The quantitative estimate of drug-likeness (QED) is 0.661. The molecule has 1 aromatic carbocycles. The largest absolute Gasteiger partial charge is 0.493 e. The van der Waals surface area contributed by atoms with Gasteiger partial charge in [-0.1, -0.05) is 6.07 Å². The Bertz CT molecular complexity index is 692. The van der Waals surface area contributed by atoms with Gasteiger partial charge in [0.05, 0.1) is 14.2 Å². The van der Waals surface area contributed by atoms with Crippen molar-refractivity contribution in [1.82, 2.24) is 15.2 Å². The first kappa shape index (κ1) is 19.7. The zero-order valence-corrected chi connectivity index (χ0v) is 15.7. The molecule has 0 unspecified atom stereocenters. The molecule has 6 heteroatoms. The molecule has 0 saturated carbocycles. The summed E-state index contributed by atoms with van der Waals surface area (Å²) in [5, 5.41) is 3.30. The molecule has 1 aromatic heterocycles. The third kappa shape index (κ3) is 6.04. The first-order chi connectivity index (χ1) is 12.6. The van der Waals surface area contributed by atoms with Gasteiger partial charge in [-0.05, 0) is 41.8 Å². The van der Waals surface area contributed by atoms with Crippen LogP contribution in [0.1, 0.15) is 17.5 Å². The van der Waals surface area contributed by atoms with Gasteiger partial charge in [0.15, 0.2) is 11.5 Å². The van der Waals surface area contributed by atoms with Crippen LogP contribution in [0, 0.1) is 0 Å². The van der Waals surface area contributed by atoms with E-state index < -0.39 is 0 Å². The van der Waals surface area contributed by atoms with Gasteiger partial charge >= 0.3 is 0 Å². The Morgan fingerprint density at radius 2 is 1.81 bits per heavy atom. The molecular formula is C20H27N3O3. The van der Waals surface area contributed by atoms with E-state index in [4.69, 9.17) is 9.47 Å². The van der Waals surface area contributed by atoms with Gasteiger partial charge in [0, 0.05) is 45.5 Å². The van der Waals surface area contributed by atoms with Crippen molar-refractivity contribution in [1.29, 1.82) is 0 Å². The summed E-state index contributed by atoms with van der Waals surface area (Å²) in [6, 6.07) is 9.76. The van der Waals surface area contributed by atoms with Gasteiger partial charge in [0.2, 0.25) is 5.91 Å². The Balaban J connectivity index is 1.69. The van der Waals surface area contributed by atoms with Crippen LogP contribution in [0.5, 0.6) is 11.5 Å². The highest BCUT2D eigenvalue weighted by Gasteiger charge is 2.09. The minimum atomic E-state index is 0.138. The molecule has 1 amide bonds. The molecule has 0 atom stereocenters. The molecule has 2 aromatic rings. The molecule has 0 saturated heterocycles. The number of ether oxygens (including phenoxy) is 2. The number of carbonyl (C=O) groups is 1. The molecule has 0 bridgehead atoms. The van der Waals surface area contributed by atoms with Crippen LogP contribution in [0.2, 0.25) is 0 Å². The molecule has 1 heterocycles. The fraction of sp³-hybridized carbons (Fsp3) is 0.400. The van der Waals surface area contributed by atoms with Gasteiger partial charge in [0.25, 0.3) is 0 Å². The second-order valence-electron chi connectivity index (χ2n) is 6.04. The van der Waals surface area contributed by atoms with Crippen LogP contribution in [0.25, 0.3) is 0 Å².